The van der Waals surface area contributed by atoms with Crippen molar-refractivity contribution in [3.8, 4) is 0 Å². The second kappa shape index (κ2) is 3.99. The van der Waals surface area contributed by atoms with Gasteiger partial charge in [0.2, 0.25) is 0 Å². The molecule has 0 aliphatic heterocycles. The van der Waals surface area contributed by atoms with Crippen LogP contribution in [0, 0.1) is 0 Å². The van der Waals surface area contributed by atoms with Crippen LogP contribution < -0.4 is 0 Å². The van der Waals surface area contributed by atoms with Gasteiger partial charge >= 0.3 is 0 Å². The summed E-state index contributed by atoms with van der Waals surface area (Å²) in [7, 11) is 0. The predicted molar refractivity (Wildman–Crippen MR) is 68.3 cm³/mol. The van der Waals surface area contributed by atoms with E-state index in [9.17, 15) is 0 Å². The van der Waals surface area contributed by atoms with Crippen LogP contribution in [0.3, 0.4) is 0 Å². The minimum Gasteiger partial charge on any atom is -0.0843 e. The molecule has 0 N–H and O–H groups in total. The van der Waals surface area contributed by atoms with Gasteiger partial charge in [-0.25, -0.2) is 0 Å². The number of hydrogen-bond acceptors (Lipinski definition) is 0. The highest BCUT2D eigenvalue weighted by Gasteiger charge is 2.42. The molecule has 74 valence electrons. The van der Waals surface area contributed by atoms with Gasteiger partial charge < -0.3 is 0 Å². The van der Waals surface area contributed by atoms with E-state index < -0.39 is 0 Å². The third-order valence-corrected chi connectivity index (χ3v) is 3.30. The van der Waals surface area contributed by atoms with Gasteiger partial charge in [-0.3, -0.25) is 0 Å². The molecule has 0 bridgehead atoms. The Labute approximate surface area is 106 Å². The van der Waals surface area contributed by atoms with Crippen molar-refractivity contribution in [2.45, 2.75) is 18.3 Å². The normalized spacial score (nSPS) is 17.6. The number of hydrogen-bond donors (Lipinski definition) is 0. The minimum absolute atomic E-state index is 0.243. The summed E-state index contributed by atoms with van der Waals surface area (Å²) in [4.78, 5) is 0. The average Bonchev–Trinajstić information content (AvgIpc) is 2.85. The van der Waals surface area contributed by atoms with Crippen LogP contribution in [0.25, 0.3) is 0 Å². The van der Waals surface area contributed by atoms with E-state index in [2.05, 4.69) is 50.1 Å². The number of rotatable bonds is 2. The molecule has 1 aromatic rings. The summed E-state index contributed by atoms with van der Waals surface area (Å²) in [6.45, 7) is 0. The largest absolute Gasteiger partial charge is 0.0843 e. The molecule has 2 rings (SSSR count). The van der Waals surface area contributed by atoms with Crippen molar-refractivity contribution in [1.82, 2.24) is 0 Å². The van der Waals surface area contributed by atoms with E-state index >= 15 is 0 Å². The lowest BCUT2D eigenvalue weighted by molar-refractivity contribution is 0.893. The van der Waals surface area contributed by atoms with Gasteiger partial charge in [0.05, 0.1) is 3.39 Å². The molecule has 0 unspecified atom stereocenters. The molecular weight excluding hydrogens is 327 g/mol. The summed E-state index contributed by atoms with van der Waals surface area (Å²) in [5.74, 6) is 0. The first kappa shape index (κ1) is 10.7. The fourth-order valence-electron chi connectivity index (χ4n) is 1.64. The zero-order valence-corrected chi connectivity index (χ0v) is 11.4. The van der Waals surface area contributed by atoms with Gasteiger partial charge in [0.25, 0.3) is 0 Å². The molecule has 1 fully saturated rings. The Bertz CT molecular complexity index is 359. The van der Waals surface area contributed by atoms with E-state index in [1.807, 2.05) is 12.1 Å². The van der Waals surface area contributed by atoms with E-state index in [0.29, 0.717) is 0 Å². The van der Waals surface area contributed by atoms with Crippen LogP contribution in [-0.2, 0) is 5.41 Å². The maximum absolute atomic E-state index is 5.85. The van der Waals surface area contributed by atoms with Crippen LogP contribution in [-0.4, -0.2) is 0 Å². The molecule has 0 amide bonds. The summed E-state index contributed by atoms with van der Waals surface area (Å²) in [6.07, 6.45) is 4.65. The van der Waals surface area contributed by atoms with E-state index in [1.54, 1.807) is 0 Å². The van der Waals surface area contributed by atoms with Crippen molar-refractivity contribution in [3.05, 3.63) is 44.3 Å². The van der Waals surface area contributed by atoms with Crippen LogP contribution in [0.4, 0.5) is 0 Å². The number of benzene rings is 1. The Hall–Kier alpha value is 0.210. The summed E-state index contributed by atoms with van der Waals surface area (Å²) < 4.78 is 1.03. The maximum atomic E-state index is 5.85. The number of allylic oxidation sites excluding steroid dienone is 1. The third-order valence-electron chi connectivity index (χ3n) is 2.59. The van der Waals surface area contributed by atoms with Gasteiger partial charge in [0.1, 0.15) is 0 Å². The monoisotopic (exact) mass is 334 g/mol. The summed E-state index contributed by atoms with van der Waals surface area (Å²) in [5.41, 5.74) is 1.59. The molecule has 1 aromatic carbocycles. The Morgan fingerprint density at radius 1 is 1.21 bits per heavy atom. The van der Waals surface area contributed by atoms with Crippen molar-refractivity contribution >= 4 is 43.5 Å². The van der Waals surface area contributed by atoms with Crippen molar-refractivity contribution in [2.24, 2.45) is 0 Å². The highest BCUT2D eigenvalue weighted by Crippen LogP contribution is 2.51. The van der Waals surface area contributed by atoms with Crippen molar-refractivity contribution in [3.63, 3.8) is 0 Å². The van der Waals surface area contributed by atoms with E-state index in [1.165, 1.54) is 18.4 Å². The lowest BCUT2D eigenvalue weighted by Gasteiger charge is -2.10. The molecule has 0 nitrogen and oxygen atoms in total. The average molecular weight is 336 g/mol. The SMILES string of the molecule is Clc1ccc(C2(C=C(Br)Br)CC2)cc1. The van der Waals surface area contributed by atoms with Gasteiger partial charge in [0, 0.05) is 10.4 Å². The van der Waals surface area contributed by atoms with Crippen molar-refractivity contribution in [2.75, 3.05) is 0 Å². The molecule has 14 heavy (non-hydrogen) atoms. The van der Waals surface area contributed by atoms with E-state index in [-0.39, 0.29) is 5.41 Å². The first-order chi connectivity index (χ1) is 6.62. The van der Waals surface area contributed by atoms with Gasteiger partial charge in [-0.05, 0) is 62.4 Å². The van der Waals surface area contributed by atoms with Crippen LogP contribution in [0.1, 0.15) is 18.4 Å². The highest BCUT2D eigenvalue weighted by atomic mass is 79.9. The zero-order valence-electron chi connectivity index (χ0n) is 7.43. The lowest BCUT2D eigenvalue weighted by atomic mass is 9.96. The Kier molecular flexibility index (Phi) is 3.06. The molecule has 3 heteroatoms. The van der Waals surface area contributed by atoms with Gasteiger partial charge in [-0.15, -0.1) is 0 Å². The number of halogens is 3. The molecule has 0 spiro atoms. The highest BCUT2D eigenvalue weighted by molar-refractivity contribution is 9.28. The topological polar surface area (TPSA) is 0 Å². The predicted octanol–water partition coefficient (Wildman–Crippen LogP) is 5.00. The van der Waals surface area contributed by atoms with Gasteiger partial charge in [-0.1, -0.05) is 29.8 Å². The Morgan fingerprint density at radius 2 is 1.79 bits per heavy atom. The van der Waals surface area contributed by atoms with Gasteiger partial charge in [0.15, 0.2) is 0 Å². The van der Waals surface area contributed by atoms with Crippen LogP contribution in [0.15, 0.2) is 33.7 Å². The van der Waals surface area contributed by atoms with Crippen molar-refractivity contribution in [1.29, 1.82) is 0 Å². The first-order valence-electron chi connectivity index (χ1n) is 4.42. The summed E-state index contributed by atoms with van der Waals surface area (Å²) >= 11 is 12.7. The maximum Gasteiger partial charge on any atom is 0.0573 e. The minimum atomic E-state index is 0.243. The van der Waals surface area contributed by atoms with E-state index in [4.69, 9.17) is 11.6 Å². The second-order valence-corrected chi connectivity index (χ2v) is 6.81. The molecule has 0 heterocycles. The lowest BCUT2D eigenvalue weighted by Crippen LogP contribution is -2.01. The fourth-order valence-corrected chi connectivity index (χ4v) is 2.64. The Balaban J connectivity index is 2.31. The second-order valence-electron chi connectivity index (χ2n) is 3.60. The smallest absolute Gasteiger partial charge is 0.0573 e. The molecule has 0 atom stereocenters. The third kappa shape index (κ3) is 2.23. The summed E-state index contributed by atoms with van der Waals surface area (Å²) in [5, 5.41) is 0.798. The quantitative estimate of drug-likeness (QED) is 0.713. The van der Waals surface area contributed by atoms with Crippen molar-refractivity contribution < 1.29 is 0 Å². The Morgan fingerprint density at radius 3 is 2.21 bits per heavy atom. The van der Waals surface area contributed by atoms with E-state index in [0.717, 1.165) is 8.41 Å². The van der Waals surface area contributed by atoms with Gasteiger partial charge in [-0.2, -0.15) is 0 Å². The summed E-state index contributed by atoms with van der Waals surface area (Å²) in [6, 6.07) is 8.11. The van der Waals surface area contributed by atoms with Crippen LogP contribution in [0.2, 0.25) is 5.02 Å². The molecule has 1 saturated carbocycles. The molecule has 0 saturated heterocycles. The molecule has 0 aromatic heterocycles. The molecule has 1 aliphatic carbocycles. The van der Waals surface area contributed by atoms with Crippen LogP contribution in [0.5, 0.6) is 0 Å². The first-order valence-corrected chi connectivity index (χ1v) is 6.39. The molecule has 0 radical (unpaired) electrons. The molecular formula is C11H9Br2Cl. The molecule has 1 aliphatic rings. The fraction of sp³-hybridized carbons (Fsp3) is 0.273. The standard InChI is InChI=1S/C11H9Br2Cl/c12-10(13)7-11(5-6-11)8-1-3-9(14)4-2-8/h1-4,7H,5-6H2. The van der Waals surface area contributed by atoms with Crippen LogP contribution >= 0.6 is 43.5 Å². The zero-order chi connectivity index (χ0) is 10.2.